The summed E-state index contributed by atoms with van der Waals surface area (Å²) >= 11 is 6.98. The zero-order valence-electron chi connectivity index (χ0n) is 11.7. The molecular formula is C16H12ClNO3S. The van der Waals surface area contributed by atoms with Crippen molar-refractivity contribution in [2.24, 2.45) is 0 Å². The van der Waals surface area contributed by atoms with Gasteiger partial charge in [0, 0.05) is 5.02 Å². The highest BCUT2D eigenvalue weighted by atomic mass is 35.5. The number of rotatable bonds is 3. The number of fused-ring (bicyclic) bond motifs is 1. The Kier molecular flexibility index (Phi) is 4.00. The fraction of sp³-hybridized carbons (Fsp3) is 0.125. The summed E-state index contributed by atoms with van der Waals surface area (Å²) in [6, 6.07) is 12.4. The van der Waals surface area contributed by atoms with Crippen LogP contribution in [0.5, 0.6) is 5.75 Å². The van der Waals surface area contributed by atoms with E-state index in [1.165, 1.54) is 4.57 Å². The van der Waals surface area contributed by atoms with Crippen LogP contribution < -0.4 is 9.61 Å². The number of ether oxygens (including phenoxy) is 1. The number of aromatic nitrogens is 1. The van der Waals surface area contributed by atoms with Crippen LogP contribution in [0.2, 0.25) is 5.02 Å². The third-order valence-electron chi connectivity index (χ3n) is 3.22. The third kappa shape index (κ3) is 2.91. The number of hydrogen-bond donors (Lipinski definition) is 0. The third-order valence-corrected chi connectivity index (χ3v) is 4.42. The van der Waals surface area contributed by atoms with Crippen LogP contribution in [0, 0.1) is 6.92 Å². The summed E-state index contributed by atoms with van der Waals surface area (Å²) in [7, 11) is 0. The summed E-state index contributed by atoms with van der Waals surface area (Å²) in [5, 5.41) is 0.581. The molecule has 0 radical (unpaired) electrons. The van der Waals surface area contributed by atoms with Crippen molar-refractivity contribution in [2.45, 2.75) is 13.5 Å². The average Bonchev–Trinajstić information content (AvgIpc) is 2.78. The molecule has 22 heavy (non-hydrogen) atoms. The summed E-state index contributed by atoms with van der Waals surface area (Å²) in [6.07, 6.45) is 0. The Morgan fingerprint density at radius 2 is 2.05 bits per heavy atom. The molecular weight excluding hydrogens is 322 g/mol. The van der Waals surface area contributed by atoms with Gasteiger partial charge < -0.3 is 4.74 Å². The van der Waals surface area contributed by atoms with Gasteiger partial charge in [0.05, 0.1) is 10.2 Å². The number of nitrogens with zero attached hydrogens (tertiary/aromatic N) is 1. The number of para-hydroxylation sites is 1. The van der Waals surface area contributed by atoms with Gasteiger partial charge in [0.2, 0.25) is 0 Å². The normalized spacial score (nSPS) is 10.8. The SMILES string of the molecule is Cc1cc(Cl)ccc1OC(=O)Cn1c(=O)sc2ccccc21. The van der Waals surface area contributed by atoms with Crippen molar-refractivity contribution >= 4 is 39.1 Å². The van der Waals surface area contributed by atoms with Gasteiger partial charge in [-0.3, -0.25) is 9.36 Å². The molecule has 0 spiro atoms. The first-order valence-electron chi connectivity index (χ1n) is 6.60. The van der Waals surface area contributed by atoms with E-state index in [-0.39, 0.29) is 11.4 Å². The minimum Gasteiger partial charge on any atom is -0.425 e. The summed E-state index contributed by atoms with van der Waals surface area (Å²) in [5.41, 5.74) is 1.51. The van der Waals surface area contributed by atoms with E-state index in [0.717, 1.165) is 27.1 Å². The molecule has 3 rings (SSSR count). The second kappa shape index (κ2) is 5.94. The van der Waals surface area contributed by atoms with Gasteiger partial charge in [0.1, 0.15) is 12.3 Å². The summed E-state index contributed by atoms with van der Waals surface area (Å²) < 4.78 is 7.60. The van der Waals surface area contributed by atoms with E-state index in [1.807, 2.05) is 24.3 Å². The van der Waals surface area contributed by atoms with E-state index >= 15 is 0 Å². The highest BCUT2D eigenvalue weighted by Crippen LogP contribution is 2.22. The lowest BCUT2D eigenvalue weighted by atomic mass is 10.2. The molecule has 0 fully saturated rings. The minimum atomic E-state index is -0.490. The van der Waals surface area contributed by atoms with E-state index in [9.17, 15) is 9.59 Å². The Bertz CT molecular complexity index is 913. The van der Waals surface area contributed by atoms with E-state index in [4.69, 9.17) is 16.3 Å². The van der Waals surface area contributed by atoms with Crippen molar-refractivity contribution in [1.82, 2.24) is 4.57 Å². The van der Waals surface area contributed by atoms with Crippen molar-refractivity contribution in [3.05, 3.63) is 62.7 Å². The molecule has 0 aliphatic heterocycles. The molecule has 0 atom stereocenters. The number of carbonyl (C=O) groups is 1. The molecule has 2 aromatic carbocycles. The van der Waals surface area contributed by atoms with E-state index in [2.05, 4.69) is 0 Å². The van der Waals surface area contributed by atoms with Gasteiger partial charge in [0.25, 0.3) is 0 Å². The standard InChI is InChI=1S/C16H12ClNO3S/c1-10-8-11(17)6-7-13(10)21-15(19)9-18-12-4-2-3-5-14(12)22-16(18)20/h2-8H,9H2,1H3. The molecule has 112 valence electrons. The van der Waals surface area contributed by atoms with E-state index in [1.54, 1.807) is 25.1 Å². The highest BCUT2D eigenvalue weighted by Gasteiger charge is 2.13. The first-order valence-corrected chi connectivity index (χ1v) is 7.79. The minimum absolute atomic E-state index is 0.120. The molecule has 0 N–H and O–H groups in total. The van der Waals surface area contributed by atoms with Crippen LogP contribution in [0.3, 0.4) is 0 Å². The number of halogens is 1. The molecule has 0 saturated carbocycles. The number of thiazole rings is 1. The molecule has 3 aromatic rings. The van der Waals surface area contributed by atoms with Gasteiger partial charge >= 0.3 is 10.8 Å². The van der Waals surface area contributed by atoms with Gasteiger partial charge in [-0.1, -0.05) is 35.1 Å². The van der Waals surface area contributed by atoms with E-state index in [0.29, 0.717) is 10.8 Å². The zero-order chi connectivity index (χ0) is 15.7. The molecule has 0 unspecified atom stereocenters. The quantitative estimate of drug-likeness (QED) is 0.543. The van der Waals surface area contributed by atoms with Gasteiger partial charge in [0.15, 0.2) is 0 Å². The Balaban J connectivity index is 1.84. The summed E-state index contributed by atoms with van der Waals surface area (Å²) in [6.45, 7) is 1.69. The average molecular weight is 334 g/mol. The first kappa shape index (κ1) is 14.8. The lowest BCUT2D eigenvalue weighted by molar-refractivity contribution is -0.135. The van der Waals surface area contributed by atoms with Crippen molar-refractivity contribution in [3.63, 3.8) is 0 Å². The van der Waals surface area contributed by atoms with Gasteiger partial charge in [-0.15, -0.1) is 0 Å². The Morgan fingerprint density at radius 3 is 2.82 bits per heavy atom. The van der Waals surface area contributed by atoms with Crippen LogP contribution in [0.25, 0.3) is 10.2 Å². The molecule has 1 heterocycles. The Hall–Kier alpha value is -2.11. The lowest BCUT2D eigenvalue weighted by Crippen LogP contribution is -2.22. The van der Waals surface area contributed by atoms with Crippen molar-refractivity contribution < 1.29 is 9.53 Å². The number of carbonyl (C=O) groups excluding carboxylic acids is 1. The molecule has 4 nitrogen and oxygen atoms in total. The molecule has 0 amide bonds. The molecule has 6 heteroatoms. The molecule has 0 aliphatic rings. The van der Waals surface area contributed by atoms with Crippen LogP contribution in [0.15, 0.2) is 47.3 Å². The molecule has 0 bridgehead atoms. The predicted molar refractivity (Wildman–Crippen MR) is 87.9 cm³/mol. The second-order valence-electron chi connectivity index (χ2n) is 4.81. The zero-order valence-corrected chi connectivity index (χ0v) is 13.3. The van der Waals surface area contributed by atoms with Crippen molar-refractivity contribution in [3.8, 4) is 5.75 Å². The highest BCUT2D eigenvalue weighted by molar-refractivity contribution is 7.16. The van der Waals surface area contributed by atoms with Crippen LogP contribution in [0.4, 0.5) is 0 Å². The lowest BCUT2D eigenvalue weighted by Gasteiger charge is -2.08. The Labute approximate surface area is 135 Å². The number of benzene rings is 2. The summed E-state index contributed by atoms with van der Waals surface area (Å²) in [4.78, 5) is 23.9. The Morgan fingerprint density at radius 1 is 1.27 bits per heavy atom. The number of hydrogen-bond acceptors (Lipinski definition) is 4. The first-order chi connectivity index (χ1) is 10.5. The topological polar surface area (TPSA) is 48.3 Å². The number of esters is 1. The molecule has 1 aromatic heterocycles. The van der Waals surface area contributed by atoms with Gasteiger partial charge in [-0.25, -0.2) is 4.79 Å². The monoisotopic (exact) mass is 333 g/mol. The predicted octanol–water partition coefficient (Wildman–Crippen LogP) is 3.63. The van der Waals surface area contributed by atoms with Gasteiger partial charge in [-0.2, -0.15) is 0 Å². The van der Waals surface area contributed by atoms with Gasteiger partial charge in [-0.05, 0) is 42.8 Å². The second-order valence-corrected chi connectivity index (χ2v) is 6.24. The van der Waals surface area contributed by atoms with E-state index < -0.39 is 5.97 Å². The number of aryl methyl sites for hydroxylation is 1. The maximum absolute atomic E-state index is 12.1. The van der Waals surface area contributed by atoms with Crippen molar-refractivity contribution in [1.29, 1.82) is 0 Å². The largest absolute Gasteiger partial charge is 0.425 e. The van der Waals surface area contributed by atoms with Crippen LogP contribution in [-0.4, -0.2) is 10.5 Å². The fourth-order valence-corrected chi connectivity index (χ4v) is 3.29. The maximum Gasteiger partial charge on any atom is 0.331 e. The maximum atomic E-state index is 12.1. The van der Waals surface area contributed by atoms with Crippen molar-refractivity contribution in [2.75, 3.05) is 0 Å². The molecule has 0 aliphatic carbocycles. The van der Waals surface area contributed by atoms with Crippen LogP contribution >= 0.6 is 22.9 Å². The molecule has 0 saturated heterocycles. The van der Waals surface area contributed by atoms with Crippen LogP contribution in [0.1, 0.15) is 5.56 Å². The fourth-order valence-electron chi connectivity index (χ4n) is 2.18. The van der Waals surface area contributed by atoms with Crippen LogP contribution in [-0.2, 0) is 11.3 Å². The smallest absolute Gasteiger partial charge is 0.331 e. The summed E-state index contributed by atoms with van der Waals surface area (Å²) in [5.74, 6) is -0.0435.